The summed E-state index contributed by atoms with van der Waals surface area (Å²) in [6.07, 6.45) is 3.37. The SMILES string of the molecule is C=CCNC1(C(=O)OCC)CCCOC1. The van der Waals surface area contributed by atoms with Gasteiger partial charge in [-0.25, -0.2) is 4.79 Å². The number of esters is 1. The zero-order valence-corrected chi connectivity index (χ0v) is 9.25. The summed E-state index contributed by atoms with van der Waals surface area (Å²) < 4.78 is 10.4. The molecule has 0 amide bonds. The van der Waals surface area contributed by atoms with E-state index in [1.807, 2.05) is 6.92 Å². The van der Waals surface area contributed by atoms with Crippen molar-refractivity contribution in [2.75, 3.05) is 26.4 Å². The number of carbonyl (C=O) groups excluding carboxylic acids is 1. The van der Waals surface area contributed by atoms with Gasteiger partial charge >= 0.3 is 5.97 Å². The Balaban J connectivity index is 2.64. The molecule has 1 atom stereocenters. The second kappa shape index (κ2) is 5.88. The summed E-state index contributed by atoms with van der Waals surface area (Å²) >= 11 is 0. The Bertz CT molecular complexity index is 222. The van der Waals surface area contributed by atoms with Crippen LogP contribution in [-0.2, 0) is 14.3 Å². The van der Waals surface area contributed by atoms with Crippen LogP contribution in [0, 0.1) is 0 Å². The molecule has 1 heterocycles. The summed E-state index contributed by atoms with van der Waals surface area (Å²) in [6, 6.07) is 0. The van der Waals surface area contributed by atoms with Crippen LogP contribution in [0.3, 0.4) is 0 Å². The van der Waals surface area contributed by atoms with Gasteiger partial charge in [0.05, 0.1) is 13.2 Å². The van der Waals surface area contributed by atoms with Gasteiger partial charge in [0, 0.05) is 13.2 Å². The van der Waals surface area contributed by atoms with Crippen molar-refractivity contribution in [3.63, 3.8) is 0 Å². The smallest absolute Gasteiger partial charge is 0.328 e. The molecular formula is C11H19NO3. The van der Waals surface area contributed by atoms with Crippen LogP contribution in [0.1, 0.15) is 19.8 Å². The zero-order valence-electron chi connectivity index (χ0n) is 9.25. The first-order valence-electron chi connectivity index (χ1n) is 5.36. The van der Waals surface area contributed by atoms with E-state index < -0.39 is 5.54 Å². The van der Waals surface area contributed by atoms with Gasteiger partial charge in [0.15, 0.2) is 0 Å². The lowest BCUT2D eigenvalue weighted by atomic mass is 9.92. The highest BCUT2D eigenvalue weighted by molar-refractivity contribution is 5.81. The van der Waals surface area contributed by atoms with Gasteiger partial charge in [-0.05, 0) is 19.8 Å². The van der Waals surface area contributed by atoms with Crippen molar-refractivity contribution in [2.24, 2.45) is 0 Å². The minimum atomic E-state index is -0.664. The van der Waals surface area contributed by atoms with E-state index in [0.717, 1.165) is 19.4 Å². The highest BCUT2D eigenvalue weighted by atomic mass is 16.5. The van der Waals surface area contributed by atoms with Crippen LogP contribution in [0.5, 0.6) is 0 Å². The zero-order chi connectivity index (χ0) is 11.1. The minimum Gasteiger partial charge on any atom is -0.465 e. The molecule has 0 aromatic heterocycles. The molecule has 15 heavy (non-hydrogen) atoms. The van der Waals surface area contributed by atoms with Gasteiger partial charge in [-0.3, -0.25) is 5.32 Å². The number of hydrogen-bond donors (Lipinski definition) is 1. The van der Waals surface area contributed by atoms with E-state index in [9.17, 15) is 4.79 Å². The topological polar surface area (TPSA) is 47.6 Å². The maximum Gasteiger partial charge on any atom is 0.328 e. The Morgan fingerprint density at radius 1 is 1.73 bits per heavy atom. The van der Waals surface area contributed by atoms with Crippen LogP contribution >= 0.6 is 0 Å². The van der Waals surface area contributed by atoms with Gasteiger partial charge < -0.3 is 9.47 Å². The van der Waals surface area contributed by atoms with E-state index in [-0.39, 0.29) is 5.97 Å². The fourth-order valence-corrected chi connectivity index (χ4v) is 1.70. The normalized spacial score (nSPS) is 25.9. The van der Waals surface area contributed by atoms with E-state index in [0.29, 0.717) is 19.8 Å². The number of nitrogens with one attached hydrogen (secondary N) is 1. The Hall–Kier alpha value is -0.870. The van der Waals surface area contributed by atoms with Crippen molar-refractivity contribution < 1.29 is 14.3 Å². The molecule has 86 valence electrons. The van der Waals surface area contributed by atoms with Crippen molar-refractivity contribution in [1.29, 1.82) is 0 Å². The molecule has 0 radical (unpaired) electrons. The van der Waals surface area contributed by atoms with E-state index in [1.165, 1.54) is 0 Å². The summed E-state index contributed by atoms with van der Waals surface area (Å²) in [5, 5.41) is 3.15. The van der Waals surface area contributed by atoms with E-state index in [4.69, 9.17) is 9.47 Å². The molecule has 1 N–H and O–H groups in total. The summed E-state index contributed by atoms with van der Waals surface area (Å²) in [5.41, 5.74) is -0.664. The molecule has 0 aromatic rings. The van der Waals surface area contributed by atoms with Gasteiger partial charge in [-0.1, -0.05) is 6.08 Å². The lowest BCUT2D eigenvalue weighted by molar-refractivity contribution is -0.157. The van der Waals surface area contributed by atoms with Gasteiger partial charge in [0.2, 0.25) is 0 Å². The van der Waals surface area contributed by atoms with Crippen molar-refractivity contribution in [3.8, 4) is 0 Å². The molecule has 1 unspecified atom stereocenters. The quantitative estimate of drug-likeness (QED) is 0.544. The Morgan fingerprint density at radius 2 is 2.53 bits per heavy atom. The molecule has 0 aliphatic carbocycles. The van der Waals surface area contributed by atoms with Crippen molar-refractivity contribution in [1.82, 2.24) is 5.32 Å². The largest absolute Gasteiger partial charge is 0.465 e. The van der Waals surface area contributed by atoms with Gasteiger partial charge in [0.25, 0.3) is 0 Å². The number of hydrogen-bond acceptors (Lipinski definition) is 4. The molecule has 1 aliphatic heterocycles. The first-order chi connectivity index (χ1) is 7.25. The Kier molecular flexibility index (Phi) is 4.78. The van der Waals surface area contributed by atoms with Crippen LogP contribution in [0.15, 0.2) is 12.7 Å². The molecule has 1 rings (SSSR count). The first kappa shape index (κ1) is 12.2. The number of carbonyl (C=O) groups is 1. The van der Waals surface area contributed by atoms with Crippen LogP contribution in [0.25, 0.3) is 0 Å². The van der Waals surface area contributed by atoms with Gasteiger partial charge in [0.1, 0.15) is 5.54 Å². The predicted molar refractivity (Wildman–Crippen MR) is 57.6 cm³/mol. The Morgan fingerprint density at radius 3 is 3.07 bits per heavy atom. The second-order valence-corrected chi connectivity index (χ2v) is 3.63. The third-order valence-corrected chi connectivity index (χ3v) is 2.49. The third-order valence-electron chi connectivity index (χ3n) is 2.49. The molecular weight excluding hydrogens is 194 g/mol. The van der Waals surface area contributed by atoms with Crippen molar-refractivity contribution >= 4 is 5.97 Å². The van der Waals surface area contributed by atoms with Crippen LogP contribution in [0.4, 0.5) is 0 Å². The van der Waals surface area contributed by atoms with Crippen LogP contribution in [0.2, 0.25) is 0 Å². The number of ether oxygens (including phenoxy) is 2. The average Bonchev–Trinajstić information content (AvgIpc) is 2.28. The standard InChI is InChI=1S/C11H19NO3/c1-3-7-12-11(10(13)15-4-2)6-5-8-14-9-11/h3,12H,1,4-9H2,2H3. The molecule has 0 spiro atoms. The lowest BCUT2D eigenvalue weighted by Gasteiger charge is -2.35. The fourth-order valence-electron chi connectivity index (χ4n) is 1.70. The van der Waals surface area contributed by atoms with E-state index in [2.05, 4.69) is 11.9 Å². The molecule has 1 saturated heterocycles. The maximum absolute atomic E-state index is 11.8. The third kappa shape index (κ3) is 3.04. The molecule has 0 bridgehead atoms. The summed E-state index contributed by atoms with van der Waals surface area (Å²) in [4.78, 5) is 11.8. The molecule has 0 aromatic carbocycles. The molecule has 1 fully saturated rings. The van der Waals surface area contributed by atoms with Gasteiger partial charge in [-0.15, -0.1) is 6.58 Å². The highest BCUT2D eigenvalue weighted by Crippen LogP contribution is 2.20. The average molecular weight is 213 g/mol. The molecule has 1 aliphatic rings. The van der Waals surface area contributed by atoms with Crippen molar-refractivity contribution in [3.05, 3.63) is 12.7 Å². The van der Waals surface area contributed by atoms with Gasteiger partial charge in [-0.2, -0.15) is 0 Å². The monoisotopic (exact) mass is 213 g/mol. The van der Waals surface area contributed by atoms with Crippen LogP contribution in [-0.4, -0.2) is 37.9 Å². The summed E-state index contributed by atoms with van der Waals surface area (Å²) in [5.74, 6) is -0.216. The van der Waals surface area contributed by atoms with E-state index >= 15 is 0 Å². The summed E-state index contributed by atoms with van der Waals surface area (Å²) in [7, 11) is 0. The Labute approximate surface area is 90.6 Å². The molecule has 4 heteroatoms. The predicted octanol–water partition coefficient (Wildman–Crippen LogP) is 0.874. The molecule has 0 saturated carbocycles. The minimum absolute atomic E-state index is 0.216. The van der Waals surface area contributed by atoms with Crippen LogP contribution < -0.4 is 5.32 Å². The van der Waals surface area contributed by atoms with Crippen molar-refractivity contribution in [2.45, 2.75) is 25.3 Å². The maximum atomic E-state index is 11.8. The second-order valence-electron chi connectivity index (χ2n) is 3.63. The highest BCUT2D eigenvalue weighted by Gasteiger charge is 2.41. The lowest BCUT2D eigenvalue weighted by Crippen LogP contribution is -2.58. The summed E-state index contributed by atoms with van der Waals surface area (Å²) in [6.45, 7) is 7.53. The fraction of sp³-hybridized carbons (Fsp3) is 0.727. The first-order valence-corrected chi connectivity index (χ1v) is 5.36. The molecule has 4 nitrogen and oxygen atoms in total. The number of rotatable bonds is 5. The van der Waals surface area contributed by atoms with E-state index in [1.54, 1.807) is 6.08 Å².